The van der Waals surface area contributed by atoms with E-state index in [1.54, 1.807) is 19.5 Å². The third kappa shape index (κ3) is 2.18. The van der Waals surface area contributed by atoms with E-state index in [1.807, 2.05) is 0 Å². The van der Waals surface area contributed by atoms with Crippen LogP contribution in [-0.4, -0.2) is 36.3 Å². The minimum atomic E-state index is 0.424. The second-order valence-electron chi connectivity index (χ2n) is 3.74. The highest BCUT2D eigenvalue weighted by molar-refractivity contribution is 5.41. The Balaban J connectivity index is 2.11. The highest BCUT2D eigenvalue weighted by Crippen LogP contribution is 2.23. The lowest BCUT2D eigenvalue weighted by Crippen LogP contribution is -2.33. The molecule has 5 heteroatoms. The molecule has 2 heterocycles. The van der Waals surface area contributed by atoms with Crippen molar-refractivity contribution in [2.24, 2.45) is 0 Å². The van der Waals surface area contributed by atoms with Crippen molar-refractivity contribution in [2.45, 2.75) is 18.9 Å². The van der Waals surface area contributed by atoms with Crippen LogP contribution in [0.5, 0.6) is 0 Å². The average molecular weight is 208 g/mol. The van der Waals surface area contributed by atoms with E-state index < -0.39 is 0 Å². The van der Waals surface area contributed by atoms with Gasteiger partial charge in [0.15, 0.2) is 0 Å². The first-order valence-electron chi connectivity index (χ1n) is 5.14. The van der Waals surface area contributed by atoms with Crippen molar-refractivity contribution < 1.29 is 4.74 Å². The number of anilines is 2. The van der Waals surface area contributed by atoms with E-state index in [2.05, 4.69) is 14.9 Å². The molecule has 0 amide bonds. The van der Waals surface area contributed by atoms with Crippen LogP contribution in [0.25, 0.3) is 0 Å². The second-order valence-corrected chi connectivity index (χ2v) is 3.74. The second kappa shape index (κ2) is 4.44. The van der Waals surface area contributed by atoms with E-state index in [4.69, 9.17) is 10.5 Å². The third-order valence-electron chi connectivity index (χ3n) is 2.69. The van der Waals surface area contributed by atoms with Gasteiger partial charge in [0.2, 0.25) is 0 Å². The Labute approximate surface area is 89.3 Å². The van der Waals surface area contributed by atoms with Crippen LogP contribution >= 0.6 is 0 Å². The van der Waals surface area contributed by atoms with Gasteiger partial charge in [-0.3, -0.25) is 0 Å². The molecule has 0 radical (unpaired) electrons. The van der Waals surface area contributed by atoms with E-state index in [0.29, 0.717) is 11.9 Å². The molecule has 0 unspecified atom stereocenters. The van der Waals surface area contributed by atoms with E-state index >= 15 is 0 Å². The summed E-state index contributed by atoms with van der Waals surface area (Å²) >= 11 is 0. The molecular formula is C10H16N4O. The van der Waals surface area contributed by atoms with Gasteiger partial charge in [-0.15, -0.1) is 0 Å². The molecule has 1 fully saturated rings. The molecule has 0 spiro atoms. The summed E-state index contributed by atoms with van der Waals surface area (Å²) in [6.45, 7) is 1.76. The van der Waals surface area contributed by atoms with Crippen LogP contribution in [0.4, 0.5) is 11.6 Å². The first kappa shape index (κ1) is 10.2. The van der Waals surface area contributed by atoms with Crippen LogP contribution in [0.15, 0.2) is 12.4 Å². The predicted octanol–water partition coefficient (Wildman–Crippen LogP) is 0.674. The number of ether oxygens (including phenoxy) is 1. The quantitative estimate of drug-likeness (QED) is 0.791. The van der Waals surface area contributed by atoms with Crippen molar-refractivity contribution in [3.05, 3.63) is 12.4 Å². The van der Waals surface area contributed by atoms with Crippen molar-refractivity contribution in [3.8, 4) is 0 Å². The van der Waals surface area contributed by atoms with Gasteiger partial charge < -0.3 is 15.4 Å². The number of nitrogen functional groups attached to an aromatic ring is 1. The van der Waals surface area contributed by atoms with Gasteiger partial charge in [-0.2, -0.15) is 0 Å². The van der Waals surface area contributed by atoms with Crippen LogP contribution in [0, 0.1) is 0 Å². The molecule has 0 aliphatic carbocycles. The Morgan fingerprint density at radius 2 is 2.40 bits per heavy atom. The van der Waals surface area contributed by atoms with Crippen molar-refractivity contribution in [1.29, 1.82) is 0 Å². The zero-order valence-corrected chi connectivity index (χ0v) is 8.89. The SMILES string of the molecule is COC[C@@H]1CCCN1c1cnc(N)cn1. The Morgan fingerprint density at radius 3 is 3.07 bits per heavy atom. The lowest BCUT2D eigenvalue weighted by molar-refractivity contribution is 0.180. The van der Waals surface area contributed by atoms with Crippen molar-refractivity contribution in [2.75, 3.05) is 30.9 Å². The molecule has 0 saturated carbocycles. The zero-order chi connectivity index (χ0) is 10.7. The number of rotatable bonds is 3. The zero-order valence-electron chi connectivity index (χ0n) is 8.89. The van der Waals surface area contributed by atoms with Gasteiger partial charge in [0, 0.05) is 13.7 Å². The van der Waals surface area contributed by atoms with E-state index in [1.165, 1.54) is 6.42 Å². The van der Waals surface area contributed by atoms with Gasteiger partial charge in [-0.25, -0.2) is 9.97 Å². The minimum Gasteiger partial charge on any atom is -0.383 e. The summed E-state index contributed by atoms with van der Waals surface area (Å²) in [6, 6.07) is 0.424. The topological polar surface area (TPSA) is 64.3 Å². The molecule has 1 saturated heterocycles. The van der Waals surface area contributed by atoms with Gasteiger partial charge >= 0.3 is 0 Å². The molecule has 2 rings (SSSR count). The van der Waals surface area contributed by atoms with E-state index in [9.17, 15) is 0 Å². The molecule has 1 aliphatic heterocycles. The molecule has 5 nitrogen and oxygen atoms in total. The summed E-state index contributed by atoms with van der Waals surface area (Å²) in [6.07, 6.45) is 5.65. The maximum absolute atomic E-state index is 5.50. The largest absolute Gasteiger partial charge is 0.383 e. The molecule has 15 heavy (non-hydrogen) atoms. The van der Waals surface area contributed by atoms with Crippen molar-refractivity contribution in [3.63, 3.8) is 0 Å². The maximum atomic E-state index is 5.50. The summed E-state index contributed by atoms with van der Waals surface area (Å²) in [7, 11) is 1.73. The first-order chi connectivity index (χ1) is 7.31. The van der Waals surface area contributed by atoms with Gasteiger partial charge in [0.1, 0.15) is 11.6 Å². The molecule has 0 aromatic carbocycles. The number of nitrogens with two attached hydrogens (primary N) is 1. The van der Waals surface area contributed by atoms with Crippen LogP contribution in [-0.2, 0) is 4.74 Å². The fourth-order valence-corrected chi connectivity index (χ4v) is 1.98. The number of methoxy groups -OCH3 is 1. The summed E-state index contributed by atoms with van der Waals surface area (Å²) in [5.74, 6) is 1.35. The number of hydrogen-bond acceptors (Lipinski definition) is 5. The van der Waals surface area contributed by atoms with Crippen molar-refractivity contribution in [1.82, 2.24) is 9.97 Å². The van der Waals surface area contributed by atoms with Gasteiger partial charge in [0.05, 0.1) is 25.0 Å². The lowest BCUT2D eigenvalue weighted by Gasteiger charge is -2.24. The summed E-state index contributed by atoms with van der Waals surface area (Å²) in [5, 5.41) is 0. The van der Waals surface area contributed by atoms with Crippen LogP contribution in [0.2, 0.25) is 0 Å². The van der Waals surface area contributed by atoms with E-state index in [0.717, 1.165) is 25.4 Å². The molecule has 82 valence electrons. The molecule has 0 bridgehead atoms. The lowest BCUT2D eigenvalue weighted by atomic mass is 10.2. The first-order valence-corrected chi connectivity index (χ1v) is 5.14. The molecule has 2 N–H and O–H groups in total. The predicted molar refractivity (Wildman–Crippen MR) is 58.7 cm³/mol. The fourth-order valence-electron chi connectivity index (χ4n) is 1.98. The standard InChI is InChI=1S/C10H16N4O/c1-15-7-8-3-2-4-14(8)10-6-12-9(11)5-13-10/h5-6,8H,2-4,7H2,1H3,(H2,11,12)/t8-/m0/s1. The Morgan fingerprint density at radius 1 is 1.53 bits per heavy atom. The fraction of sp³-hybridized carbons (Fsp3) is 0.600. The molecule has 1 atom stereocenters. The van der Waals surface area contributed by atoms with Crippen LogP contribution < -0.4 is 10.6 Å². The molecular weight excluding hydrogens is 192 g/mol. The summed E-state index contributed by atoms with van der Waals surface area (Å²) in [4.78, 5) is 10.6. The van der Waals surface area contributed by atoms with Gasteiger partial charge in [-0.1, -0.05) is 0 Å². The Bertz CT molecular complexity index is 314. The van der Waals surface area contributed by atoms with Gasteiger partial charge in [0.25, 0.3) is 0 Å². The van der Waals surface area contributed by atoms with Crippen LogP contribution in [0.3, 0.4) is 0 Å². The molecule has 1 aromatic heterocycles. The monoisotopic (exact) mass is 208 g/mol. The maximum Gasteiger partial charge on any atom is 0.147 e. The Hall–Kier alpha value is -1.36. The smallest absolute Gasteiger partial charge is 0.147 e. The van der Waals surface area contributed by atoms with Crippen molar-refractivity contribution >= 4 is 11.6 Å². The Kier molecular flexibility index (Phi) is 3.01. The summed E-state index contributed by atoms with van der Waals surface area (Å²) < 4.78 is 5.19. The summed E-state index contributed by atoms with van der Waals surface area (Å²) in [5.41, 5.74) is 5.50. The number of hydrogen-bond donors (Lipinski definition) is 1. The van der Waals surface area contributed by atoms with E-state index in [-0.39, 0.29) is 0 Å². The normalized spacial score (nSPS) is 20.9. The minimum absolute atomic E-state index is 0.424. The molecule has 1 aromatic rings. The number of nitrogens with zero attached hydrogens (tertiary/aromatic N) is 3. The third-order valence-corrected chi connectivity index (χ3v) is 2.69. The van der Waals surface area contributed by atoms with Crippen LogP contribution in [0.1, 0.15) is 12.8 Å². The highest BCUT2D eigenvalue weighted by atomic mass is 16.5. The van der Waals surface area contributed by atoms with Gasteiger partial charge in [-0.05, 0) is 12.8 Å². The number of aromatic nitrogens is 2. The molecule has 1 aliphatic rings. The average Bonchev–Trinajstić information content (AvgIpc) is 2.68. The highest BCUT2D eigenvalue weighted by Gasteiger charge is 2.25.